The van der Waals surface area contributed by atoms with Crippen molar-refractivity contribution >= 4 is 5.91 Å². The van der Waals surface area contributed by atoms with Gasteiger partial charge in [0.2, 0.25) is 5.91 Å². The molecule has 170 valence electrons. The first-order chi connectivity index (χ1) is 12.8. The molecule has 2 heterocycles. The lowest BCUT2D eigenvalue weighted by molar-refractivity contribution is -0.247. The van der Waals surface area contributed by atoms with Crippen molar-refractivity contribution in [2.75, 3.05) is 0 Å². The first kappa shape index (κ1) is 24.5. The maximum absolute atomic E-state index is 13.2. The summed E-state index contributed by atoms with van der Waals surface area (Å²) in [5, 5.41) is 30.7. The molecule has 0 spiro atoms. The first-order valence-corrected chi connectivity index (χ1v) is 10.9. The van der Waals surface area contributed by atoms with E-state index < -0.39 is 16.6 Å². The third-order valence-electron chi connectivity index (χ3n) is 6.75. The number of piperidine rings is 2. The lowest BCUT2D eigenvalue weighted by Crippen LogP contribution is -2.67. The van der Waals surface area contributed by atoms with E-state index in [4.69, 9.17) is 0 Å². The summed E-state index contributed by atoms with van der Waals surface area (Å²) < 4.78 is 0. The van der Waals surface area contributed by atoms with Gasteiger partial charge in [0.15, 0.2) is 0 Å². The Hall–Kier alpha value is -0.730. The van der Waals surface area contributed by atoms with Crippen LogP contribution in [0.3, 0.4) is 0 Å². The average molecular weight is 413 g/mol. The smallest absolute Gasteiger partial charge is 0.239 e. The molecule has 2 rings (SSSR count). The van der Waals surface area contributed by atoms with E-state index in [1.54, 1.807) is 0 Å². The summed E-state index contributed by atoms with van der Waals surface area (Å²) >= 11 is 0. The maximum Gasteiger partial charge on any atom is 0.239 e. The predicted octanol–water partition coefficient (Wildman–Crippen LogP) is 3.29. The van der Waals surface area contributed by atoms with Gasteiger partial charge in [0.25, 0.3) is 0 Å². The second kappa shape index (κ2) is 7.45. The van der Waals surface area contributed by atoms with Crippen LogP contribution >= 0.6 is 0 Å². The number of hydroxylamine groups is 4. The van der Waals surface area contributed by atoms with Gasteiger partial charge in [0, 0.05) is 34.2 Å². The summed E-state index contributed by atoms with van der Waals surface area (Å²) in [5.41, 5.74) is -2.28. The second-order valence-corrected chi connectivity index (χ2v) is 12.3. The second-order valence-electron chi connectivity index (χ2n) is 12.3. The van der Waals surface area contributed by atoms with Crippen LogP contribution in [-0.4, -0.2) is 66.2 Å². The molecule has 29 heavy (non-hydrogen) atoms. The van der Waals surface area contributed by atoms with Crippen molar-refractivity contribution in [3.05, 3.63) is 0 Å². The normalized spacial score (nSPS) is 28.3. The minimum absolute atomic E-state index is 0.00384. The van der Waals surface area contributed by atoms with Crippen molar-refractivity contribution in [1.29, 1.82) is 0 Å². The molecule has 0 radical (unpaired) electrons. The van der Waals surface area contributed by atoms with Crippen LogP contribution in [0.4, 0.5) is 0 Å². The SMILES string of the molecule is CC(C)(NC1CC(C)(C)N(O)C(C)(C)C1)C(=O)NC1CC(C)(C)N(O)C(C)(C)C1. The van der Waals surface area contributed by atoms with Crippen LogP contribution in [0.1, 0.15) is 94.9 Å². The first-order valence-electron chi connectivity index (χ1n) is 10.9. The molecule has 2 saturated heterocycles. The molecule has 0 aromatic rings. The van der Waals surface area contributed by atoms with E-state index in [1.165, 1.54) is 10.1 Å². The van der Waals surface area contributed by atoms with E-state index in [0.717, 1.165) is 12.8 Å². The van der Waals surface area contributed by atoms with E-state index >= 15 is 0 Å². The van der Waals surface area contributed by atoms with Crippen molar-refractivity contribution in [2.24, 2.45) is 0 Å². The molecule has 7 heteroatoms. The highest BCUT2D eigenvalue weighted by atomic mass is 16.5. The Balaban J connectivity index is 2.07. The predicted molar refractivity (Wildman–Crippen MR) is 115 cm³/mol. The zero-order chi connectivity index (χ0) is 22.6. The van der Waals surface area contributed by atoms with Crippen LogP contribution in [0.25, 0.3) is 0 Å². The van der Waals surface area contributed by atoms with Gasteiger partial charge in [0.05, 0.1) is 5.54 Å². The molecule has 0 saturated carbocycles. The molecular formula is C22H44N4O3. The fraction of sp³-hybridized carbons (Fsp3) is 0.955. The molecule has 2 aliphatic rings. The largest absolute Gasteiger partial charge is 0.352 e. The Morgan fingerprint density at radius 3 is 1.41 bits per heavy atom. The third-order valence-corrected chi connectivity index (χ3v) is 6.75. The van der Waals surface area contributed by atoms with Crippen molar-refractivity contribution in [3.8, 4) is 0 Å². The van der Waals surface area contributed by atoms with Crippen molar-refractivity contribution < 1.29 is 15.2 Å². The van der Waals surface area contributed by atoms with Gasteiger partial charge < -0.3 is 21.0 Å². The van der Waals surface area contributed by atoms with Gasteiger partial charge in [0.1, 0.15) is 0 Å². The summed E-state index contributed by atoms with van der Waals surface area (Å²) in [4.78, 5) is 13.2. The van der Waals surface area contributed by atoms with E-state index in [2.05, 4.69) is 10.6 Å². The summed E-state index contributed by atoms with van der Waals surface area (Å²) in [7, 11) is 0. The fourth-order valence-corrected chi connectivity index (χ4v) is 5.69. The van der Waals surface area contributed by atoms with Crippen LogP contribution in [-0.2, 0) is 4.79 Å². The van der Waals surface area contributed by atoms with Crippen molar-refractivity contribution in [3.63, 3.8) is 0 Å². The quantitative estimate of drug-likeness (QED) is 0.567. The van der Waals surface area contributed by atoms with Crippen LogP contribution in [0.5, 0.6) is 0 Å². The van der Waals surface area contributed by atoms with Crippen LogP contribution in [0.2, 0.25) is 0 Å². The molecule has 0 aliphatic carbocycles. The summed E-state index contributed by atoms with van der Waals surface area (Å²) in [6.07, 6.45) is 2.90. The Bertz CT molecular complexity index is 592. The molecule has 0 aromatic heterocycles. The van der Waals surface area contributed by atoms with Crippen molar-refractivity contribution in [2.45, 2.75) is 135 Å². The van der Waals surface area contributed by atoms with E-state index in [-0.39, 0.29) is 29.1 Å². The molecule has 0 aromatic carbocycles. The minimum Gasteiger partial charge on any atom is -0.352 e. The summed E-state index contributed by atoms with van der Waals surface area (Å²) in [6.45, 7) is 20.0. The topological polar surface area (TPSA) is 88.1 Å². The van der Waals surface area contributed by atoms with E-state index in [1.807, 2.05) is 69.2 Å². The molecule has 0 atom stereocenters. The van der Waals surface area contributed by atoms with Crippen molar-refractivity contribution in [1.82, 2.24) is 20.8 Å². The number of carbonyl (C=O) groups is 1. The van der Waals surface area contributed by atoms with Gasteiger partial charge >= 0.3 is 0 Å². The van der Waals surface area contributed by atoms with Crippen LogP contribution < -0.4 is 10.6 Å². The number of nitrogens with zero attached hydrogens (tertiary/aromatic N) is 2. The highest BCUT2D eigenvalue weighted by molar-refractivity contribution is 5.85. The van der Waals surface area contributed by atoms with Crippen LogP contribution in [0, 0.1) is 0 Å². The number of hydrogen-bond donors (Lipinski definition) is 4. The minimum atomic E-state index is -0.737. The standard InChI is InChI=1S/C22H44N4O3/c1-18(2)11-15(12-19(3,4)25(18)28)23-17(27)22(9,10)24-16-13-20(5,6)26(29)21(7,8)14-16/h15-16,24,28-29H,11-14H2,1-10H3,(H,23,27). The number of rotatable bonds is 4. The number of amides is 1. The molecule has 1 amide bonds. The summed E-state index contributed by atoms with van der Waals surface area (Å²) in [6, 6.07) is 0.125. The van der Waals surface area contributed by atoms with Gasteiger partial charge in [-0.3, -0.25) is 4.79 Å². The Morgan fingerprint density at radius 1 is 0.759 bits per heavy atom. The summed E-state index contributed by atoms with van der Waals surface area (Å²) in [5.74, 6) is -0.0254. The third kappa shape index (κ3) is 5.13. The molecule has 7 nitrogen and oxygen atoms in total. The zero-order valence-electron chi connectivity index (χ0n) is 20.2. The lowest BCUT2D eigenvalue weighted by Gasteiger charge is -2.53. The zero-order valence-corrected chi connectivity index (χ0v) is 20.2. The van der Waals surface area contributed by atoms with Gasteiger partial charge in [-0.05, 0) is 94.9 Å². The monoisotopic (exact) mass is 412 g/mol. The van der Waals surface area contributed by atoms with Gasteiger partial charge in [-0.15, -0.1) is 0 Å². The maximum atomic E-state index is 13.2. The highest BCUT2D eigenvalue weighted by Gasteiger charge is 2.48. The Morgan fingerprint density at radius 2 is 1.07 bits per heavy atom. The average Bonchev–Trinajstić information content (AvgIpc) is 2.48. The highest BCUT2D eigenvalue weighted by Crippen LogP contribution is 2.38. The fourth-order valence-electron chi connectivity index (χ4n) is 5.69. The van der Waals surface area contributed by atoms with Gasteiger partial charge in [-0.2, -0.15) is 10.1 Å². The van der Waals surface area contributed by atoms with E-state index in [0.29, 0.717) is 12.8 Å². The molecule has 0 bridgehead atoms. The van der Waals surface area contributed by atoms with Gasteiger partial charge in [-0.1, -0.05) is 0 Å². The molecule has 4 N–H and O–H groups in total. The number of hydrogen-bond acceptors (Lipinski definition) is 6. The Labute approximate surface area is 177 Å². The Kier molecular flexibility index (Phi) is 6.30. The van der Waals surface area contributed by atoms with E-state index in [9.17, 15) is 15.2 Å². The molecule has 2 aliphatic heterocycles. The van der Waals surface area contributed by atoms with Crippen LogP contribution in [0.15, 0.2) is 0 Å². The molecular weight excluding hydrogens is 368 g/mol. The molecule has 2 fully saturated rings. The number of nitrogens with one attached hydrogen (secondary N) is 2. The molecule has 0 unspecified atom stereocenters. The lowest BCUT2D eigenvalue weighted by atomic mass is 9.77. The number of carbonyl (C=O) groups excluding carboxylic acids is 1. The van der Waals surface area contributed by atoms with Gasteiger partial charge in [-0.25, -0.2) is 0 Å².